The zero-order chi connectivity index (χ0) is 16.9. The molecule has 0 amide bonds. The lowest BCUT2D eigenvalue weighted by Gasteiger charge is -2.15. The van der Waals surface area contributed by atoms with Crippen LogP contribution in [0.15, 0.2) is 48.8 Å². The van der Waals surface area contributed by atoms with E-state index in [0.717, 1.165) is 11.0 Å². The van der Waals surface area contributed by atoms with Crippen molar-refractivity contribution in [3.05, 3.63) is 48.8 Å². The highest BCUT2D eigenvalue weighted by Gasteiger charge is 2.10. The fraction of sp³-hybridized carbons (Fsp3) is 0.278. The molecular weight excluding hydrogens is 308 g/mol. The summed E-state index contributed by atoms with van der Waals surface area (Å²) in [7, 11) is 3.16. The number of rotatable bonds is 7. The summed E-state index contributed by atoms with van der Waals surface area (Å²) >= 11 is 0. The van der Waals surface area contributed by atoms with Crippen LogP contribution in [0.25, 0.3) is 11.0 Å². The van der Waals surface area contributed by atoms with Gasteiger partial charge in [0.1, 0.15) is 30.0 Å². The maximum absolute atomic E-state index is 10.3. The zero-order valence-electron chi connectivity index (χ0n) is 13.7. The van der Waals surface area contributed by atoms with Gasteiger partial charge in [-0.25, -0.2) is 4.98 Å². The standard InChI is InChI=1S/C18H20N2O4/c1-22-14-7-15(23-2)9-16(8-14)24-11-13(21)10-20-12-19-17-5-3-4-6-18(17)20/h3-9,12-13,21H,10-11H2,1-2H3. The molecule has 0 radical (unpaired) electrons. The number of hydrogen-bond donors (Lipinski definition) is 1. The van der Waals surface area contributed by atoms with Gasteiger partial charge in [-0.3, -0.25) is 0 Å². The van der Waals surface area contributed by atoms with E-state index in [-0.39, 0.29) is 6.61 Å². The molecule has 0 aliphatic rings. The van der Waals surface area contributed by atoms with Crippen LogP contribution in [0.3, 0.4) is 0 Å². The smallest absolute Gasteiger partial charge is 0.126 e. The maximum Gasteiger partial charge on any atom is 0.126 e. The Labute approximate surface area is 140 Å². The van der Waals surface area contributed by atoms with Crippen LogP contribution >= 0.6 is 0 Å². The quantitative estimate of drug-likeness (QED) is 0.722. The lowest BCUT2D eigenvalue weighted by atomic mass is 10.3. The van der Waals surface area contributed by atoms with Crippen molar-refractivity contribution < 1.29 is 19.3 Å². The second-order valence-corrected chi connectivity index (χ2v) is 5.40. The van der Waals surface area contributed by atoms with Gasteiger partial charge >= 0.3 is 0 Å². The Kier molecular flexibility index (Phi) is 4.86. The van der Waals surface area contributed by atoms with Crippen LogP contribution in [-0.2, 0) is 6.54 Å². The third-order valence-corrected chi connectivity index (χ3v) is 3.70. The molecular formula is C18H20N2O4. The van der Waals surface area contributed by atoms with Crippen molar-refractivity contribution in [2.75, 3.05) is 20.8 Å². The van der Waals surface area contributed by atoms with E-state index in [9.17, 15) is 5.11 Å². The molecule has 0 fully saturated rings. The van der Waals surface area contributed by atoms with Crippen molar-refractivity contribution in [2.24, 2.45) is 0 Å². The third-order valence-electron chi connectivity index (χ3n) is 3.70. The fourth-order valence-electron chi connectivity index (χ4n) is 2.49. The molecule has 0 saturated carbocycles. The van der Waals surface area contributed by atoms with E-state index in [2.05, 4.69) is 4.98 Å². The van der Waals surface area contributed by atoms with Gasteiger partial charge in [0.2, 0.25) is 0 Å². The van der Waals surface area contributed by atoms with Crippen molar-refractivity contribution in [1.82, 2.24) is 9.55 Å². The number of nitrogens with zero attached hydrogens (tertiary/aromatic N) is 2. The number of benzene rings is 2. The summed E-state index contributed by atoms with van der Waals surface area (Å²) in [4.78, 5) is 4.31. The minimum Gasteiger partial charge on any atom is -0.496 e. The van der Waals surface area contributed by atoms with Crippen LogP contribution in [0.1, 0.15) is 0 Å². The fourth-order valence-corrected chi connectivity index (χ4v) is 2.49. The lowest BCUT2D eigenvalue weighted by molar-refractivity contribution is 0.0931. The number of imidazole rings is 1. The first kappa shape index (κ1) is 16.1. The number of aliphatic hydroxyl groups excluding tert-OH is 1. The molecule has 0 bridgehead atoms. The van der Waals surface area contributed by atoms with E-state index in [1.807, 2.05) is 28.8 Å². The number of aliphatic hydroxyl groups is 1. The minimum absolute atomic E-state index is 0.156. The number of aromatic nitrogens is 2. The van der Waals surface area contributed by atoms with Gasteiger partial charge in [-0.05, 0) is 12.1 Å². The van der Waals surface area contributed by atoms with Gasteiger partial charge < -0.3 is 23.9 Å². The number of hydrogen-bond acceptors (Lipinski definition) is 5. The Balaban J connectivity index is 1.64. The van der Waals surface area contributed by atoms with E-state index < -0.39 is 6.10 Å². The molecule has 0 aliphatic heterocycles. The van der Waals surface area contributed by atoms with Crippen LogP contribution in [0.4, 0.5) is 0 Å². The molecule has 24 heavy (non-hydrogen) atoms. The Bertz CT molecular complexity index is 793. The van der Waals surface area contributed by atoms with Gasteiger partial charge in [-0.2, -0.15) is 0 Å². The normalized spacial score (nSPS) is 12.1. The Hall–Kier alpha value is -2.73. The summed E-state index contributed by atoms with van der Waals surface area (Å²) < 4.78 is 18.0. The molecule has 0 saturated heterocycles. The molecule has 3 rings (SSSR count). The first-order chi connectivity index (χ1) is 11.7. The van der Waals surface area contributed by atoms with Crippen LogP contribution in [0.5, 0.6) is 17.2 Å². The third kappa shape index (κ3) is 3.60. The summed E-state index contributed by atoms with van der Waals surface area (Å²) in [6.45, 7) is 0.560. The molecule has 2 aromatic carbocycles. The zero-order valence-corrected chi connectivity index (χ0v) is 13.7. The highest BCUT2D eigenvalue weighted by Crippen LogP contribution is 2.27. The van der Waals surface area contributed by atoms with E-state index in [1.165, 1.54) is 0 Å². The van der Waals surface area contributed by atoms with Crippen LogP contribution in [0.2, 0.25) is 0 Å². The van der Waals surface area contributed by atoms with Crippen LogP contribution in [0, 0.1) is 0 Å². The van der Waals surface area contributed by atoms with E-state index in [1.54, 1.807) is 38.7 Å². The topological polar surface area (TPSA) is 65.7 Å². The van der Waals surface area contributed by atoms with Crippen molar-refractivity contribution in [1.29, 1.82) is 0 Å². The Morgan fingerprint density at radius 2 is 1.71 bits per heavy atom. The van der Waals surface area contributed by atoms with Gasteiger partial charge in [0, 0.05) is 18.2 Å². The van der Waals surface area contributed by atoms with E-state index in [4.69, 9.17) is 14.2 Å². The summed E-state index contributed by atoms with van der Waals surface area (Å²) in [5.41, 5.74) is 1.89. The number of ether oxygens (including phenoxy) is 3. The second-order valence-electron chi connectivity index (χ2n) is 5.40. The van der Waals surface area contributed by atoms with E-state index in [0.29, 0.717) is 23.8 Å². The van der Waals surface area contributed by atoms with Gasteiger partial charge in [0.05, 0.1) is 38.1 Å². The SMILES string of the molecule is COc1cc(OC)cc(OCC(O)Cn2cnc3ccccc32)c1. The summed E-state index contributed by atoms with van der Waals surface area (Å²) in [5.74, 6) is 1.86. The monoisotopic (exact) mass is 328 g/mol. The van der Waals surface area contributed by atoms with Gasteiger partial charge in [-0.15, -0.1) is 0 Å². The average Bonchev–Trinajstić information content (AvgIpc) is 3.02. The van der Waals surface area contributed by atoms with Crippen LogP contribution < -0.4 is 14.2 Å². The summed E-state index contributed by atoms with van der Waals surface area (Å²) in [6, 6.07) is 13.1. The summed E-state index contributed by atoms with van der Waals surface area (Å²) in [6.07, 6.45) is 1.06. The Morgan fingerprint density at radius 1 is 1.04 bits per heavy atom. The largest absolute Gasteiger partial charge is 0.496 e. The number of methoxy groups -OCH3 is 2. The molecule has 0 aliphatic carbocycles. The molecule has 1 heterocycles. The van der Waals surface area contributed by atoms with Crippen molar-refractivity contribution in [2.45, 2.75) is 12.6 Å². The predicted molar refractivity (Wildman–Crippen MR) is 90.8 cm³/mol. The molecule has 126 valence electrons. The molecule has 3 aromatic rings. The minimum atomic E-state index is -0.667. The molecule has 1 unspecified atom stereocenters. The highest BCUT2D eigenvalue weighted by atomic mass is 16.5. The molecule has 1 aromatic heterocycles. The molecule has 1 N–H and O–H groups in total. The van der Waals surface area contributed by atoms with Gasteiger partial charge in [0.25, 0.3) is 0 Å². The highest BCUT2D eigenvalue weighted by molar-refractivity contribution is 5.74. The van der Waals surface area contributed by atoms with Crippen molar-refractivity contribution >= 4 is 11.0 Å². The predicted octanol–water partition coefficient (Wildman–Crippen LogP) is 2.49. The molecule has 6 nitrogen and oxygen atoms in total. The lowest BCUT2D eigenvalue weighted by Crippen LogP contribution is -2.23. The molecule has 1 atom stereocenters. The van der Waals surface area contributed by atoms with Gasteiger partial charge in [-0.1, -0.05) is 12.1 Å². The number of fused-ring (bicyclic) bond motifs is 1. The van der Waals surface area contributed by atoms with E-state index >= 15 is 0 Å². The average molecular weight is 328 g/mol. The van der Waals surface area contributed by atoms with Gasteiger partial charge in [0.15, 0.2) is 0 Å². The summed E-state index contributed by atoms with van der Waals surface area (Å²) in [5, 5.41) is 10.3. The van der Waals surface area contributed by atoms with Crippen molar-refractivity contribution in [3.8, 4) is 17.2 Å². The Morgan fingerprint density at radius 3 is 2.42 bits per heavy atom. The first-order valence-electron chi connectivity index (χ1n) is 7.63. The van der Waals surface area contributed by atoms with Crippen LogP contribution in [-0.4, -0.2) is 41.6 Å². The molecule has 6 heteroatoms. The maximum atomic E-state index is 10.3. The molecule has 0 spiro atoms. The van der Waals surface area contributed by atoms with Crippen molar-refractivity contribution in [3.63, 3.8) is 0 Å². The number of para-hydroxylation sites is 2. The second kappa shape index (κ2) is 7.23. The first-order valence-corrected chi connectivity index (χ1v) is 7.63.